The second-order valence-electron chi connectivity index (χ2n) is 3.77. The Morgan fingerprint density at radius 1 is 1.11 bits per heavy atom. The van der Waals surface area contributed by atoms with Gasteiger partial charge in [0.15, 0.2) is 0 Å². The van der Waals surface area contributed by atoms with Crippen molar-refractivity contribution in [2.75, 3.05) is 34.4 Å². The lowest BCUT2D eigenvalue weighted by atomic mass is 10.1. The SMILES string of the molecule is CCNCC(O)c1c(OC)cc(OC)cc1OC. The first-order valence-electron chi connectivity index (χ1n) is 5.86. The molecule has 5 heteroatoms. The maximum absolute atomic E-state index is 10.2. The number of rotatable bonds is 7. The molecule has 0 heterocycles. The van der Waals surface area contributed by atoms with Crippen LogP contribution in [0.25, 0.3) is 0 Å². The van der Waals surface area contributed by atoms with Crippen molar-refractivity contribution in [2.45, 2.75) is 13.0 Å². The number of hydrogen-bond acceptors (Lipinski definition) is 5. The van der Waals surface area contributed by atoms with Crippen LogP contribution in [0.5, 0.6) is 17.2 Å². The van der Waals surface area contributed by atoms with Gasteiger partial charge in [0.05, 0.1) is 33.0 Å². The second-order valence-corrected chi connectivity index (χ2v) is 3.77. The third-order valence-corrected chi connectivity index (χ3v) is 2.67. The molecule has 0 spiro atoms. The van der Waals surface area contributed by atoms with Crippen molar-refractivity contribution in [1.82, 2.24) is 5.32 Å². The fourth-order valence-electron chi connectivity index (χ4n) is 1.74. The van der Waals surface area contributed by atoms with Crippen molar-refractivity contribution in [3.63, 3.8) is 0 Å². The summed E-state index contributed by atoms with van der Waals surface area (Å²) < 4.78 is 15.7. The highest BCUT2D eigenvalue weighted by molar-refractivity contribution is 5.52. The second kappa shape index (κ2) is 7.08. The fraction of sp³-hybridized carbons (Fsp3) is 0.538. The molecule has 0 saturated heterocycles. The van der Waals surface area contributed by atoms with E-state index in [1.807, 2.05) is 6.92 Å². The Hall–Kier alpha value is -1.46. The Labute approximate surface area is 108 Å². The van der Waals surface area contributed by atoms with Crippen LogP contribution in [0.4, 0.5) is 0 Å². The van der Waals surface area contributed by atoms with E-state index >= 15 is 0 Å². The molecule has 5 nitrogen and oxygen atoms in total. The van der Waals surface area contributed by atoms with E-state index in [0.717, 1.165) is 6.54 Å². The summed E-state index contributed by atoms with van der Waals surface area (Å²) in [6.07, 6.45) is -0.694. The summed E-state index contributed by atoms with van der Waals surface area (Å²) in [5.74, 6) is 1.73. The Morgan fingerprint density at radius 2 is 1.67 bits per heavy atom. The molecule has 1 rings (SSSR count). The smallest absolute Gasteiger partial charge is 0.132 e. The van der Waals surface area contributed by atoms with Crippen molar-refractivity contribution in [3.8, 4) is 17.2 Å². The molecule has 0 aliphatic rings. The Balaban J connectivity index is 3.13. The molecule has 0 aromatic heterocycles. The first-order chi connectivity index (χ1) is 8.67. The number of ether oxygens (including phenoxy) is 3. The van der Waals surface area contributed by atoms with E-state index in [2.05, 4.69) is 5.32 Å². The molecule has 0 aliphatic carbocycles. The van der Waals surface area contributed by atoms with Gasteiger partial charge in [-0.1, -0.05) is 6.92 Å². The maximum atomic E-state index is 10.2. The third-order valence-electron chi connectivity index (χ3n) is 2.67. The number of benzene rings is 1. The Kier molecular flexibility index (Phi) is 5.74. The van der Waals surface area contributed by atoms with Crippen LogP contribution < -0.4 is 19.5 Å². The van der Waals surface area contributed by atoms with Crippen LogP contribution in [0.15, 0.2) is 12.1 Å². The van der Waals surface area contributed by atoms with Gasteiger partial charge >= 0.3 is 0 Å². The van der Waals surface area contributed by atoms with Crippen LogP contribution in [0, 0.1) is 0 Å². The molecule has 102 valence electrons. The summed E-state index contributed by atoms with van der Waals surface area (Å²) in [5, 5.41) is 13.3. The van der Waals surface area contributed by atoms with Gasteiger partial charge in [-0.25, -0.2) is 0 Å². The first-order valence-corrected chi connectivity index (χ1v) is 5.86. The van der Waals surface area contributed by atoms with Crippen molar-refractivity contribution in [1.29, 1.82) is 0 Å². The van der Waals surface area contributed by atoms with E-state index in [0.29, 0.717) is 29.4 Å². The molecular formula is C13H21NO4. The number of hydrogen-bond donors (Lipinski definition) is 2. The van der Waals surface area contributed by atoms with Crippen LogP contribution >= 0.6 is 0 Å². The molecular weight excluding hydrogens is 234 g/mol. The maximum Gasteiger partial charge on any atom is 0.132 e. The number of likely N-dealkylation sites (N-methyl/N-ethyl adjacent to an activating group) is 1. The Bertz CT molecular complexity index is 356. The molecule has 0 amide bonds. The van der Waals surface area contributed by atoms with Crippen LogP contribution in [-0.4, -0.2) is 39.5 Å². The zero-order valence-corrected chi connectivity index (χ0v) is 11.3. The normalized spacial score (nSPS) is 12.1. The third kappa shape index (κ3) is 3.27. The fourth-order valence-corrected chi connectivity index (χ4v) is 1.74. The molecule has 0 aliphatic heterocycles. The molecule has 1 aromatic rings. The number of nitrogens with one attached hydrogen (secondary N) is 1. The lowest BCUT2D eigenvalue weighted by molar-refractivity contribution is 0.166. The molecule has 1 atom stereocenters. The lowest BCUT2D eigenvalue weighted by Crippen LogP contribution is -2.21. The highest BCUT2D eigenvalue weighted by Crippen LogP contribution is 2.37. The van der Waals surface area contributed by atoms with Crippen molar-refractivity contribution >= 4 is 0 Å². The topological polar surface area (TPSA) is 60.0 Å². The number of aliphatic hydroxyl groups excluding tert-OH is 1. The van der Waals surface area contributed by atoms with Gasteiger partial charge in [-0.05, 0) is 6.54 Å². The zero-order chi connectivity index (χ0) is 13.5. The minimum absolute atomic E-state index is 0.440. The summed E-state index contributed by atoms with van der Waals surface area (Å²) in [6.45, 7) is 3.21. The van der Waals surface area contributed by atoms with Crippen LogP contribution in [0.2, 0.25) is 0 Å². The van der Waals surface area contributed by atoms with E-state index in [9.17, 15) is 5.11 Å². The molecule has 1 unspecified atom stereocenters. The van der Waals surface area contributed by atoms with Crippen LogP contribution in [0.1, 0.15) is 18.6 Å². The van der Waals surface area contributed by atoms with Gasteiger partial charge in [-0.2, -0.15) is 0 Å². The summed E-state index contributed by atoms with van der Waals surface area (Å²) in [7, 11) is 4.68. The van der Waals surface area contributed by atoms with Crippen molar-refractivity contribution in [2.24, 2.45) is 0 Å². The van der Waals surface area contributed by atoms with Gasteiger partial charge in [-0.15, -0.1) is 0 Å². The number of methoxy groups -OCH3 is 3. The molecule has 0 fully saturated rings. The molecule has 0 bridgehead atoms. The quantitative estimate of drug-likeness (QED) is 0.770. The standard InChI is InChI=1S/C13H21NO4/c1-5-14-8-10(15)13-11(17-3)6-9(16-2)7-12(13)18-4/h6-7,10,14-15H,5,8H2,1-4H3. The average Bonchev–Trinajstić information content (AvgIpc) is 2.42. The van der Waals surface area contributed by atoms with Crippen LogP contribution in [0.3, 0.4) is 0 Å². The highest BCUT2D eigenvalue weighted by atomic mass is 16.5. The van der Waals surface area contributed by atoms with E-state index in [-0.39, 0.29) is 0 Å². The van der Waals surface area contributed by atoms with Crippen molar-refractivity contribution in [3.05, 3.63) is 17.7 Å². The van der Waals surface area contributed by atoms with Gasteiger partial charge < -0.3 is 24.6 Å². The van der Waals surface area contributed by atoms with E-state index in [1.165, 1.54) is 0 Å². The van der Waals surface area contributed by atoms with E-state index in [1.54, 1.807) is 33.5 Å². The summed E-state index contributed by atoms with van der Waals surface area (Å²) >= 11 is 0. The van der Waals surface area contributed by atoms with Gasteiger partial charge in [0.25, 0.3) is 0 Å². The first kappa shape index (κ1) is 14.6. The zero-order valence-electron chi connectivity index (χ0n) is 11.3. The minimum Gasteiger partial charge on any atom is -0.496 e. The molecule has 0 radical (unpaired) electrons. The van der Waals surface area contributed by atoms with Gasteiger partial charge in [-0.3, -0.25) is 0 Å². The molecule has 1 aromatic carbocycles. The predicted molar refractivity (Wildman–Crippen MR) is 69.6 cm³/mol. The molecule has 2 N–H and O–H groups in total. The van der Waals surface area contributed by atoms with Gasteiger partial charge in [0.2, 0.25) is 0 Å². The molecule has 18 heavy (non-hydrogen) atoms. The predicted octanol–water partition coefficient (Wildman–Crippen LogP) is 1.36. The Morgan fingerprint density at radius 3 is 2.06 bits per heavy atom. The van der Waals surface area contributed by atoms with Crippen LogP contribution in [-0.2, 0) is 0 Å². The minimum atomic E-state index is -0.694. The number of aliphatic hydroxyl groups is 1. The van der Waals surface area contributed by atoms with Crippen molar-refractivity contribution < 1.29 is 19.3 Å². The highest BCUT2D eigenvalue weighted by Gasteiger charge is 2.20. The average molecular weight is 255 g/mol. The summed E-state index contributed by atoms with van der Waals surface area (Å²) in [5.41, 5.74) is 0.627. The van der Waals surface area contributed by atoms with Gasteiger partial charge in [0.1, 0.15) is 17.2 Å². The largest absolute Gasteiger partial charge is 0.496 e. The lowest BCUT2D eigenvalue weighted by Gasteiger charge is -2.19. The monoisotopic (exact) mass is 255 g/mol. The molecule has 0 saturated carbocycles. The van der Waals surface area contributed by atoms with Gasteiger partial charge in [0, 0.05) is 18.7 Å². The van der Waals surface area contributed by atoms with E-state index in [4.69, 9.17) is 14.2 Å². The summed E-state index contributed by atoms with van der Waals surface area (Å²) in [6, 6.07) is 3.46. The van der Waals surface area contributed by atoms with E-state index < -0.39 is 6.10 Å². The summed E-state index contributed by atoms with van der Waals surface area (Å²) in [4.78, 5) is 0.